The molecule has 52 valence electrons. The van der Waals surface area contributed by atoms with Gasteiger partial charge in [-0.3, -0.25) is 5.32 Å². The van der Waals surface area contributed by atoms with Crippen molar-refractivity contribution < 1.29 is 4.65 Å². The van der Waals surface area contributed by atoms with Crippen molar-refractivity contribution in [3.63, 3.8) is 0 Å². The van der Waals surface area contributed by atoms with Gasteiger partial charge in [0, 0.05) is 0 Å². The number of rotatable bonds is 2. The predicted molar refractivity (Wildman–Crippen MR) is 36.4 cm³/mol. The molecule has 0 bridgehead atoms. The summed E-state index contributed by atoms with van der Waals surface area (Å²) < 4.78 is -0.135. The van der Waals surface area contributed by atoms with Gasteiger partial charge in [0.25, 0.3) is 0 Å². The van der Waals surface area contributed by atoms with Gasteiger partial charge in [0.15, 0.2) is 0 Å². The molecule has 0 spiro atoms. The van der Waals surface area contributed by atoms with Crippen molar-refractivity contribution in [3.8, 4) is 0 Å². The van der Waals surface area contributed by atoms with Crippen LogP contribution in [-0.4, -0.2) is 30.9 Å². The van der Waals surface area contributed by atoms with Gasteiger partial charge in [-0.05, 0) is 6.08 Å². The van der Waals surface area contributed by atoms with E-state index in [0.29, 0.717) is 19.8 Å². The summed E-state index contributed by atoms with van der Waals surface area (Å²) in [6.45, 7) is 6.14. The van der Waals surface area contributed by atoms with E-state index in [1.165, 1.54) is 0 Å². The van der Waals surface area contributed by atoms with Crippen molar-refractivity contribution in [2.75, 3.05) is 26.3 Å². The van der Waals surface area contributed by atoms with Crippen LogP contribution in [0.1, 0.15) is 0 Å². The Morgan fingerprint density at radius 1 is 1.78 bits per heavy atom. The third-order valence-corrected chi connectivity index (χ3v) is 1.56. The Balaban J connectivity index is 2.40. The van der Waals surface area contributed by atoms with Crippen LogP contribution in [0.4, 0.5) is 0 Å². The molecule has 9 heavy (non-hydrogen) atoms. The zero-order chi connectivity index (χ0) is 6.74. The molecule has 1 atom stereocenters. The Morgan fingerprint density at radius 2 is 2.56 bits per heavy atom. The fraction of sp³-hybridized carbons (Fsp3) is 0.667. The van der Waals surface area contributed by atoms with Gasteiger partial charge in [0.2, 0.25) is 0 Å². The van der Waals surface area contributed by atoms with Gasteiger partial charge < -0.3 is 9.85 Å². The monoisotopic (exact) mass is 128 g/mol. The SMILES string of the molecule is C=CC[N+]1([O-])CCNC1. The number of quaternary nitrogens is 1. The van der Waals surface area contributed by atoms with E-state index in [1.807, 2.05) is 0 Å². The normalized spacial score (nSPS) is 34.8. The van der Waals surface area contributed by atoms with Crippen LogP contribution < -0.4 is 5.32 Å². The maximum absolute atomic E-state index is 11.3. The van der Waals surface area contributed by atoms with Gasteiger partial charge in [-0.15, -0.1) is 0 Å². The molecule has 0 aromatic carbocycles. The fourth-order valence-electron chi connectivity index (χ4n) is 1.04. The molecule has 0 amide bonds. The van der Waals surface area contributed by atoms with Crippen LogP contribution in [0.5, 0.6) is 0 Å². The van der Waals surface area contributed by atoms with Gasteiger partial charge in [0.1, 0.15) is 6.67 Å². The van der Waals surface area contributed by atoms with E-state index in [1.54, 1.807) is 6.08 Å². The molecule has 1 heterocycles. The smallest absolute Gasteiger partial charge is 0.132 e. The summed E-state index contributed by atoms with van der Waals surface area (Å²) in [5, 5.41) is 14.3. The third kappa shape index (κ3) is 1.51. The Morgan fingerprint density at radius 3 is 3.00 bits per heavy atom. The van der Waals surface area contributed by atoms with E-state index < -0.39 is 0 Å². The highest BCUT2D eigenvalue weighted by Crippen LogP contribution is 2.05. The molecule has 3 nitrogen and oxygen atoms in total. The Hall–Kier alpha value is -0.380. The number of hydrogen-bond donors (Lipinski definition) is 1. The second-order valence-corrected chi connectivity index (χ2v) is 2.41. The molecule has 1 fully saturated rings. The van der Waals surface area contributed by atoms with Crippen LogP contribution in [0.2, 0.25) is 0 Å². The van der Waals surface area contributed by atoms with Crippen LogP contribution in [0.3, 0.4) is 0 Å². The first kappa shape index (κ1) is 6.74. The van der Waals surface area contributed by atoms with Crippen molar-refractivity contribution in [1.29, 1.82) is 0 Å². The first-order chi connectivity index (χ1) is 4.27. The van der Waals surface area contributed by atoms with E-state index in [0.717, 1.165) is 6.54 Å². The van der Waals surface area contributed by atoms with Crippen molar-refractivity contribution in [1.82, 2.24) is 5.32 Å². The largest absolute Gasteiger partial charge is 0.632 e. The predicted octanol–water partition coefficient (Wildman–Crippen LogP) is 0.0477. The maximum Gasteiger partial charge on any atom is 0.132 e. The Labute approximate surface area is 55.1 Å². The molecule has 0 saturated carbocycles. The minimum Gasteiger partial charge on any atom is -0.632 e. The molecule has 0 aliphatic carbocycles. The summed E-state index contributed by atoms with van der Waals surface area (Å²) >= 11 is 0. The molecule has 1 N–H and O–H groups in total. The first-order valence-electron chi connectivity index (χ1n) is 3.15. The lowest BCUT2D eigenvalue weighted by Crippen LogP contribution is -2.40. The lowest BCUT2D eigenvalue weighted by molar-refractivity contribution is -0.862. The van der Waals surface area contributed by atoms with E-state index >= 15 is 0 Å². The van der Waals surface area contributed by atoms with Crippen LogP contribution in [0, 0.1) is 5.21 Å². The summed E-state index contributed by atoms with van der Waals surface area (Å²) in [7, 11) is 0. The molecule has 3 heteroatoms. The molecule has 1 rings (SSSR count). The Bertz CT molecular complexity index is 108. The molecule has 1 saturated heterocycles. The number of hydrogen-bond acceptors (Lipinski definition) is 2. The van der Waals surface area contributed by atoms with Crippen molar-refractivity contribution >= 4 is 0 Å². The molecule has 0 radical (unpaired) electrons. The number of nitrogens with zero attached hydrogens (tertiary/aromatic N) is 1. The lowest BCUT2D eigenvalue weighted by atomic mass is 10.5. The summed E-state index contributed by atoms with van der Waals surface area (Å²) in [5.41, 5.74) is 0. The van der Waals surface area contributed by atoms with Gasteiger partial charge in [0.05, 0.1) is 19.6 Å². The summed E-state index contributed by atoms with van der Waals surface area (Å²) in [6.07, 6.45) is 1.68. The van der Waals surface area contributed by atoms with Crippen molar-refractivity contribution in [2.45, 2.75) is 0 Å². The van der Waals surface area contributed by atoms with Gasteiger partial charge in [-0.1, -0.05) is 6.58 Å². The summed E-state index contributed by atoms with van der Waals surface area (Å²) in [6, 6.07) is 0. The van der Waals surface area contributed by atoms with Gasteiger partial charge in [-0.2, -0.15) is 0 Å². The molecule has 0 aromatic rings. The van der Waals surface area contributed by atoms with E-state index in [-0.39, 0.29) is 4.65 Å². The van der Waals surface area contributed by atoms with Crippen LogP contribution in [0.15, 0.2) is 12.7 Å². The molecular formula is C6H12N2O. The standard InChI is InChI=1S/C6H12N2O/c1-2-4-8(9)5-3-7-6-8/h2,7H,1,3-6H2. The molecule has 0 aromatic heterocycles. The van der Waals surface area contributed by atoms with Crippen molar-refractivity contribution in [2.24, 2.45) is 0 Å². The molecule has 1 aliphatic rings. The first-order valence-corrected chi connectivity index (χ1v) is 3.15. The highest BCUT2D eigenvalue weighted by molar-refractivity contribution is 4.68. The third-order valence-electron chi connectivity index (χ3n) is 1.56. The van der Waals surface area contributed by atoms with Crippen LogP contribution in [0.25, 0.3) is 0 Å². The molecule has 1 aliphatic heterocycles. The Kier molecular flexibility index (Phi) is 1.85. The van der Waals surface area contributed by atoms with E-state index in [9.17, 15) is 5.21 Å². The van der Waals surface area contributed by atoms with Crippen LogP contribution in [-0.2, 0) is 0 Å². The average Bonchev–Trinajstić information content (AvgIpc) is 2.16. The second-order valence-electron chi connectivity index (χ2n) is 2.41. The minimum absolute atomic E-state index is 0.135. The van der Waals surface area contributed by atoms with E-state index in [2.05, 4.69) is 11.9 Å². The topological polar surface area (TPSA) is 35.1 Å². The summed E-state index contributed by atoms with van der Waals surface area (Å²) in [4.78, 5) is 0. The van der Waals surface area contributed by atoms with Crippen LogP contribution >= 0.6 is 0 Å². The van der Waals surface area contributed by atoms with Crippen molar-refractivity contribution in [3.05, 3.63) is 17.9 Å². The fourth-order valence-corrected chi connectivity index (χ4v) is 1.04. The zero-order valence-corrected chi connectivity index (χ0v) is 5.47. The average molecular weight is 128 g/mol. The summed E-state index contributed by atoms with van der Waals surface area (Å²) in [5.74, 6) is 0. The lowest BCUT2D eigenvalue weighted by Gasteiger charge is -2.36. The molecular weight excluding hydrogens is 116 g/mol. The van der Waals surface area contributed by atoms with Gasteiger partial charge >= 0.3 is 0 Å². The van der Waals surface area contributed by atoms with E-state index in [4.69, 9.17) is 0 Å². The molecule has 1 unspecified atom stereocenters. The number of nitrogens with one attached hydrogen (secondary N) is 1. The highest BCUT2D eigenvalue weighted by Gasteiger charge is 2.19. The maximum atomic E-state index is 11.3. The zero-order valence-electron chi connectivity index (χ0n) is 5.47. The number of hydroxylamine groups is 3. The van der Waals surface area contributed by atoms with Gasteiger partial charge in [-0.25, -0.2) is 0 Å². The highest BCUT2D eigenvalue weighted by atomic mass is 16.5. The quantitative estimate of drug-likeness (QED) is 0.324. The minimum atomic E-state index is -0.135. The second kappa shape index (κ2) is 2.47.